The van der Waals surface area contributed by atoms with Crippen LogP contribution in [0.2, 0.25) is 5.04 Å². The molecule has 0 aliphatic carbocycles. The van der Waals surface area contributed by atoms with E-state index in [0.29, 0.717) is 0 Å². The van der Waals surface area contributed by atoms with Gasteiger partial charge in [-0.25, -0.2) is 0 Å². The fourth-order valence-corrected chi connectivity index (χ4v) is 8.03. The van der Waals surface area contributed by atoms with Crippen molar-refractivity contribution in [2.45, 2.75) is 125 Å². The Balaban J connectivity index is 3.28. The molecule has 35 heavy (non-hydrogen) atoms. The van der Waals surface area contributed by atoms with E-state index in [-0.39, 0.29) is 26.7 Å². The van der Waals surface area contributed by atoms with E-state index in [9.17, 15) is 0 Å². The summed E-state index contributed by atoms with van der Waals surface area (Å²) < 4.78 is 0. The first-order valence-electron chi connectivity index (χ1n) is 13.3. The van der Waals surface area contributed by atoms with Crippen molar-refractivity contribution in [2.75, 3.05) is 0 Å². The highest BCUT2D eigenvalue weighted by molar-refractivity contribution is 6.81. The average Bonchev–Trinajstić information content (AvgIpc) is 2.64. The minimum Gasteiger partial charge on any atom is -0.146 e. The second kappa shape index (κ2) is 9.64. The van der Waals surface area contributed by atoms with Crippen molar-refractivity contribution in [1.82, 2.24) is 0 Å². The number of hydrogen-bond acceptors (Lipinski definition) is 0. The maximum Gasteiger partial charge on any atom is 0.107 e. The number of hydrogen-bond donors (Lipinski definition) is 0. The van der Waals surface area contributed by atoms with Gasteiger partial charge in [0.25, 0.3) is 0 Å². The minimum absolute atomic E-state index is 0.0116. The van der Waals surface area contributed by atoms with Gasteiger partial charge in [0, 0.05) is 0 Å². The topological polar surface area (TPSA) is 0 Å². The summed E-state index contributed by atoms with van der Waals surface area (Å²) in [5.74, 6) is 0. The van der Waals surface area contributed by atoms with Crippen molar-refractivity contribution >= 4 is 24.5 Å². The molecule has 192 valence electrons. The van der Waals surface area contributed by atoms with Gasteiger partial charge in [0.15, 0.2) is 0 Å². The van der Waals surface area contributed by atoms with E-state index in [1.165, 1.54) is 27.8 Å². The molecule has 2 rings (SSSR count). The molecule has 0 aromatic heterocycles. The molecule has 0 aliphatic rings. The molecule has 2 aromatic rings. The zero-order chi connectivity index (χ0) is 27.2. The molecule has 0 saturated heterocycles. The average molecular weight is 489 g/mol. The van der Waals surface area contributed by atoms with E-state index in [1.807, 2.05) is 0 Å². The zero-order valence-electron chi connectivity index (χ0n) is 25.5. The van der Waals surface area contributed by atoms with E-state index in [2.05, 4.69) is 152 Å². The van der Waals surface area contributed by atoms with Crippen LogP contribution in [0.5, 0.6) is 0 Å². The maximum atomic E-state index is 4.27. The lowest BCUT2D eigenvalue weighted by molar-refractivity contribution is 0.553. The number of rotatable bonds is 2. The minimum atomic E-state index is -1.24. The van der Waals surface area contributed by atoms with Gasteiger partial charge in [0.05, 0.1) is 0 Å². The molecule has 0 spiro atoms. The summed E-state index contributed by atoms with van der Waals surface area (Å²) in [4.78, 5) is 0. The quantitative estimate of drug-likeness (QED) is 0.370. The van der Waals surface area contributed by atoms with Crippen LogP contribution in [0.1, 0.15) is 126 Å². The van der Waals surface area contributed by atoms with Crippen LogP contribution < -0.4 is 5.19 Å². The van der Waals surface area contributed by atoms with Crippen molar-refractivity contribution < 1.29 is 0 Å². The molecule has 1 heteroatoms. The first kappa shape index (κ1) is 29.5. The largest absolute Gasteiger partial charge is 0.146 e. The van der Waals surface area contributed by atoms with Crippen LogP contribution in [-0.2, 0) is 16.2 Å². The van der Waals surface area contributed by atoms with E-state index < -0.39 is 8.41 Å². The van der Waals surface area contributed by atoms with E-state index in [0.717, 1.165) is 0 Å². The molecule has 0 aliphatic heterocycles. The highest BCUT2D eigenvalue weighted by Gasteiger charge is 2.34. The highest BCUT2D eigenvalue weighted by atomic mass is 28.2. The Morgan fingerprint density at radius 1 is 0.600 bits per heavy atom. The van der Waals surface area contributed by atoms with Crippen LogP contribution in [-0.4, -0.2) is 13.7 Å². The van der Waals surface area contributed by atoms with Gasteiger partial charge in [-0.15, -0.1) is 5.33 Å². The zero-order valence-corrected chi connectivity index (χ0v) is 26.5. The van der Waals surface area contributed by atoms with E-state index >= 15 is 0 Å². The van der Waals surface area contributed by atoms with Gasteiger partial charge in [-0.1, -0.05) is 146 Å². The van der Waals surface area contributed by atoms with Crippen LogP contribution in [0.15, 0.2) is 42.5 Å². The number of benzene rings is 2. The van der Waals surface area contributed by atoms with Gasteiger partial charge in [0.1, 0.15) is 8.41 Å². The lowest BCUT2D eigenvalue weighted by Crippen LogP contribution is -2.43. The second-order valence-electron chi connectivity index (χ2n) is 15.4. The van der Waals surface area contributed by atoms with Crippen molar-refractivity contribution in [1.29, 1.82) is 0 Å². The van der Waals surface area contributed by atoms with Gasteiger partial charge in [0.2, 0.25) is 0 Å². The SMILES string of the molecule is CC(C)(C)C(=C=[Si](c1c(C(C)(C)C)cc(C(C)(C)C)cc1C(C)(C)C)C(C)(C)C)c1ccccc1. The maximum absolute atomic E-state index is 4.27. The number of allylic oxidation sites excluding steroid dienone is 1. The van der Waals surface area contributed by atoms with Gasteiger partial charge in [-0.2, -0.15) is 0 Å². The van der Waals surface area contributed by atoms with Crippen LogP contribution in [0, 0.1) is 5.41 Å². The lowest BCUT2D eigenvalue weighted by Gasteiger charge is -2.36. The summed E-state index contributed by atoms with van der Waals surface area (Å²) in [6.07, 6.45) is 0. The fourth-order valence-electron chi connectivity index (χ4n) is 4.57. The smallest absolute Gasteiger partial charge is 0.107 e. The Kier molecular flexibility index (Phi) is 8.14. The van der Waals surface area contributed by atoms with Crippen LogP contribution in [0.4, 0.5) is 0 Å². The molecule has 0 bridgehead atoms. The Labute approximate surface area is 219 Å². The Morgan fingerprint density at radius 2 is 1.03 bits per heavy atom. The van der Waals surface area contributed by atoms with Crippen molar-refractivity contribution in [3.63, 3.8) is 0 Å². The third-order valence-corrected chi connectivity index (χ3v) is 9.72. The van der Waals surface area contributed by atoms with Crippen molar-refractivity contribution in [3.05, 3.63) is 64.7 Å². The molecule has 0 heterocycles. The Morgan fingerprint density at radius 3 is 1.34 bits per heavy atom. The Bertz CT molecular complexity index is 1070. The van der Waals surface area contributed by atoms with Crippen LogP contribution >= 0.6 is 0 Å². The van der Waals surface area contributed by atoms with Crippen LogP contribution in [0.3, 0.4) is 0 Å². The van der Waals surface area contributed by atoms with Crippen molar-refractivity contribution in [2.24, 2.45) is 5.41 Å². The fraction of sp³-hybridized carbons (Fsp3) is 0.588. The summed E-state index contributed by atoms with van der Waals surface area (Å²) in [6.45, 7) is 35.6. The molecular formula is C34H52Si. The highest BCUT2D eigenvalue weighted by Crippen LogP contribution is 2.37. The molecule has 0 N–H and O–H groups in total. The summed E-state index contributed by atoms with van der Waals surface area (Å²) in [5, 5.41) is 5.96. The molecule has 0 unspecified atom stereocenters. The van der Waals surface area contributed by atoms with Crippen LogP contribution in [0.25, 0.3) is 5.57 Å². The first-order valence-corrected chi connectivity index (χ1v) is 14.8. The third-order valence-electron chi connectivity index (χ3n) is 6.68. The van der Waals surface area contributed by atoms with E-state index in [1.54, 1.807) is 5.19 Å². The predicted octanol–water partition coefficient (Wildman–Crippen LogP) is 9.19. The van der Waals surface area contributed by atoms with Gasteiger partial charge in [-0.3, -0.25) is 0 Å². The lowest BCUT2D eigenvalue weighted by atomic mass is 9.75. The van der Waals surface area contributed by atoms with Gasteiger partial charge in [-0.05, 0) is 59.7 Å². The summed E-state index contributed by atoms with van der Waals surface area (Å²) >= 11 is 0. The standard InChI is InChI=1S/C34H52Si/c1-30(2,3)25-21-26(31(4,5)6)29(27(22-25)32(7,8)9)35(34(13,14)15)23-28(33(10,11)12)24-19-17-16-18-20-24/h16-22H,1-15H3. The first-order chi connectivity index (χ1) is 15.5. The third kappa shape index (κ3) is 7.18. The molecular weight excluding hydrogens is 436 g/mol. The van der Waals surface area contributed by atoms with Crippen molar-refractivity contribution in [3.8, 4) is 0 Å². The molecule has 2 aromatic carbocycles. The summed E-state index contributed by atoms with van der Waals surface area (Å²) in [5.41, 5.74) is 7.32. The molecule has 0 saturated carbocycles. The normalized spacial score (nSPS) is 13.5. The van der Waals surface area contributed by atoms with E-state index in [4.69, 9.17) is 0 Å². The Hall–Kier alpha value is -1.69. The molecule has 0 nitrogen and oxygen atoms in total. The summed E-state index contributed by atoms with van der Waals surface area (Å²) in [7, 11) is -1.24. The molecule has 0 atom stereocenters. The monoisotopic (exact) mass is 488 g/mol. The molecule has 0 fully saturated rings. The molecule has 0 amide bonds. The second-order valence-corrected chi connectivity index (χ2v) is 18.4. The van der Waals surface area contributed by atoms with Gasteiger partial charge >= 0.3 is 0 Å². The molecule has 0 radical (unpaired) electrons. The predicted molar refractivity (Wildman–Crippen MR) is 162 cm³/mol. The van der Waals surface area contributed by atoms with Gasteiger partial charge < -0.3 is 0 Å². The summed E-state index contributed by atoms with van der Waals surface area (Å²) in [6, 6.07) is 16.0.